The van der Waals surface area contributed by atoms with E-state index in [2.05, 4.69) is 33.0 Å². The molecule has 0 fully saturated rings. The van der Waals surface area contributed by atoms with Crippen molar-refractivity contribution in [3.8, 4) is 0 Å². The normalized spacial score (nSPS) is 11.4. The van der Waals surface area contributed by atoms with E-state index in [1.807, 2.05) is 19.0 Å². The Morgan fingerprint density at radius 3 is 0.739 bits per heavy atom. The number of hydrogen-bond donors (Lipinski definition) is 1. The highest BCUT2D eigenvalue weighted by atomic mass is 16.6. The first-order valence-corrected chi connectivity index (χ1v) is 38.5. The van der Waals surface area contributed by atoms with E-state index >= 15 is 0 Å². The summed E-state index contributed by atoms with van der Waals surface area (Å²) in [5.74, 6) is -3.84. The maximum absolute atomic E-state index is 13.6. The van der Waals surface area contributed by atoms with Crippen molar-refractivity contribution in [2.75, 3.05) is 79.9 Å². The highest BCUT2D eigenvalue weighted by Crippen LogP contribution is 2.19. The zero-order valence-corrected chi connectivity index (χ0v) is 60.5. The molecule has 0 saturated carbocycles. The Kier molecular flexibility index (Phi) is 65.5. The number of rotatable bonds is 70. The van der Waals surface area contributed by atoms with Crippen LogP contribution in [0.15, 0.2) is 0 Å². The minimum atomic E-state index is -0.625. The van der Waals surface area contributed by atoms with E-state index in [0.717, 1.165) is 109 Å². The van der Waals surface area contributed by atoms with Gasteiger partial charge in [0.05, 0.1) is 52.4 Å². The van der Waals surface area contributed by atoms with Gasteiger partial charge in [-0.3, -0.25) is 28.8 Å². The number of amides is 2. The van der Waals surface area contributed by atoms with Crippen molar-refractivity contribution < 1.29 is 62.0 Å². The molecule has 0 aliphatic rings. The van der Waals surface area contributed by atoms with Crippen molar-refractivity contribution in [1.29, 1.82) is 0 Å². The number of esters is 6. The molecule has 0 radical (unpaired) electrons. The lowest BCUT2D eigenvalue weighted by Crippen LogP contribution is -2.44. The number of nitrogens with zero attached hydrogens (tertiary/aromatic N) is 2. The Balaban J connectivity index is 5.63. The Morgan fingerprint density at radius 2 is 0.511 bits per heavy atom. The van der Waals surface area contributed by atoms with Gasteiger partial charge in [0.1, 0.15) is 13.2 Å². The van der Waals surface area contributed by atoms with Gasteiger partial charge in [0.25, 0.3) is 0 Å². The number of nitrogens with one attached hydrogen (secondary N) is 1. The second-order valence-electron chi connectivity index (χ2n) is 26.8. The Hall–Kier alpha value is -3.95. The van der Waals surface area contributed by atoms with E-state index in [1.165, 1.54) is 185 Å². The quantitative estimate of drug-likeness (QED) is 0.0343. The monoisotopic (exact) mass is 1310 g/mol. The van der Waals surface area contributed by atoms with Gasteiger partial charge in [-0.2, -0.15) is 0 Å². The molecule has 0 aromatic carbocycles. The summed E-state index contributed by atoms with van der Waals surface area (Å²) in [7, 11) is 3.90. The van der Waals surface area contributed by atoms with E-state index in [-0.39, 0.29) is 115 Å². The van der Waals surface area contributed by atoms with Crippen LogP contribution in [-0.4, -0.2) is 132 Å². The number of ether oxygens (including phenoxy) is 6. The fourth-order valence-electron chi connectivity index (χ4n) is 11.3. The Bertz CT molecular complexity index is 1540. The summed E-state index contributed by atoms with van der Waals surface area (Å²) in [5, 5.41) is 2.92. The van der Waals surface area contributed by atoms with E-state index in [1.54, 1.807) is 0 Å². The molecule has 1 N–H and O–H groups in total. The molecule has 2 amide bonds. The molecule has 0 unspecified atom stereocenters. The molecule has 0 aliphatic heterocycles. The number of urea groups is 1. The average Bonchev–Trinajstić information content (AvgIpc) is 2.68. The van der Waals surface area contributed by atoms with Gasteiger partial charge in [0.15, 0.2) is 0 Å². The molecule has 0 aromatic heterocycles. The van der Waals surface area contributed by atoms with Crippen LogP contribution in [0.3, 0.4) is 0 Å². The number of carbonyl (C=O) groups excluding carboxylic acids is 7. The van der Waals surface area contributed by atoms with Crippen molar-refractivity contribution >= 4 is 41.8 Å². The van der Waals surface area contributed by atoms with E-state index < -0.39 is 29.8 Å². The van der Waals surface area contributed by atoms with Gasteiger partial charge in [-0.15, -0.1) is 0 Å². The maximum Gasteiger partial charge on any atom is 0.317 e. The highest BCUT2D eigenvalue weighted by molar-refractivity contribution is 5.75. The fraction of sp³-hybridized carbons (Fsp3) is 0.908. The first-order valence-electron chi connectivity index (χ1n) is 38.5. The van der Waals surface area contributed by atoms with Crippen LogP contribution in [0.1, 0.15) is 355 Å². The minimum Gasteiger partial charge on any atom is -0.465 e. The van der Waals surface area contributed by atoms with Crippen LogP contribution in [0.2, 0.25) is 0 Å². The summed E-state index contributed by atoms with van der Waals surface area (Å²) in [4.78, 5) is 95.6. The van der Waals surface area contributed by atoms with Gasteiger partial charge in [-0.1, -0.05) is 285 Å². The molecule has 0 aliphatic carbocycles. The first kappa shape index (κ1) is 88.0. The molecule has 16 nitrogen and oxygen atoms in total. The largest absolute Gasteiger partial charge is 0.465 e. The van der Waals surface area contributed by atoms with Crippen LogP contribution in [-0.2, 0) is 57.2 Å². The second kappa shape index (κ2) is 68.4. The van der Waals surface area contributed by atoms with Crippen LogP contribution in [0.4, 0.5) is 4.79 Å². The third kappa shape index (κ3) is 63.4. The number of unbranched alkanes of at least 4 members (excludes halogenated alkanes) is 40. The summed E-state index contributed by atoms with van der Waals surface area (Å²) >= 11 is 0. The van der Waals surface area contributed by atoms with Crippen LogP contribution in [0.5, 0.6) is 0 Å². The van der Waals surface area contributed by atoms with Gasteiger partial charge in [0, 0.05) is 44.1 Å². The predicted molar refractivity (Wildman–Crippen MR) is 374 cm³/mol. The Morgan fingerprint density at radius 1 is 0.283 bits per heavy atom. The lowest BCUT2D eigenvalue weighted by molar-refractivity contribution is -0.155. The van der Waals surface area contributed by atoms with Crippen LogP contribution in [0, 0.1) is 11.8 Å². The first-order chi connectivity index (χ1) is 44.8. The topological polar surface area (TPSA) is 193 Å². The molecular weight excluding hydrogens is 1160 g/mol. The molecule has 16 heteroatoms. The smallest absolute Gasteiger partial charge is 0.317 e. The van der Waals surface area contributed by atoms with Crippen molar-refractivity contribution in [2.45, 2.75) is 355 Å². The summed E-state index contributed by atoms with van der Waals surface area (Å²) in [6.45, 7) is 9.31. The van der Waals surface area contributed by atoms with Crippen molar-refractivity contribution in [3.63, 3.8) is 0 Å². The van der Waals surface area contributed by atoms with Crippen LogP contribution >= 0.6 is 0 Å². The van der Waals surface area contributed by atoms with Crippen molar-refractivity contribution in [2.24, 2.45) is 11.8 Å². The molecule has 0 atom stereocenters. The standard InChI is InChI=1S/C76H143N3O13/c1-7-11-15-19-23-27-31-35-39-43-47-52-70(80)89-64-68(65-90-71(81)53-48-44-40-36-32-28-24-20-16-12-8-2)62-74(84)87-60-58-79(76(86)77-56-51-57-78(5)6)59-61-88-75(85)63-69(66-91-72(82)54-49-45-41-37-33-29-25-21-17-13-9-3)67-92-73(83)55-50-46-42-38-34-30-26-22-18-14-10-4/h68-69H,7-67H2,1-6H3,(H,77,86). The van der Waals surface area contributed by atoms with Gasteiger partial charge < -0.3 is 43.5 Å². The molecule has 0 rings (SSSR count). The summed E-state index contributed by atoms with van der Waals surface area (Å²) in [5.41, 5.74) is 0. The van der Waals surface area contributed by atoms with Crippen LogP contribution in [0.25, 0.3) is 0 Å². The third-order valence-electron chi connectivity index (χ3n) is 17.4. The summed E-state index contributed by atoms with van der Waals surface area (Å²) < 4.78 is 34.0. The highest BCUT2D eigenvalue weighted by Gasteiger charge is 2.23. The lowest BCUT2D eigenvalue weighted by Gasteiger charge is -2.24. The zero-order valence-electron chi connectivity index (χ0n) is 60.5. The molecule has 540 valence electrons. The summed E-state index contributed by atoms with van der Waals surface area (Å²) in [6.07, 6.45) is 52.9. The number of carbonyl (C=O) groups is 7. The van der Waals surface area contributed by atoms with Gasteiger partial charge in [-0.05, 0) is 52.7 Å². The summed E-state index contributed by atoms with van der Waals surface area (Å²) in [6, 6.07) is -0.421. The molecule has 0 saturated heterocycles. The van der Waals surface area contributed by atoms with Gasteiger partial charge >= 0.3 is 41.8 Å². The average molecular weight is 1310 g/mol. The van der Waals surface area contributed by atoms with E-state index in [9.17, 15) is 33.6 Å². The SMILES string of the molecule is CCCCCCCCCCCCCC(=O)OCC(COC(=O)CCCCCCCCCCCCC)CC(=O)OCCN(CCOC(=O)CC(COC(=O)CCCCCCCCCCCCC)COC(=O)CCCCCCCCCCCCC)C(=O)NCCCN(C)C. The maximum atomic E-state index is 13.6. The van der Waals surface area contributed by atoms with Gasteiger partial charge in [0.2, 0.25) is 0 Å². The fourth-order valence-corrected chi connectivity index (χ4v) is 11.3. The Labute approximate surface area is 563 Å². The molecule has 0 aromatic rings. The van der Waals surface area contributed by atoms with Crippen molar-refractivity contribution in [1.82, 2.24) is 15.1 Å². The molecule has 0 spiro atoms. The van der Waals surface area contributed by atoms with Crippen LogP contribution < -0.4 is 5.32 Å². The van der Waals surface area contributed by atoms with Crippen molar-refractivity contribution in [3.05, 3.63) is 0 Å². The molecular formula is C76H143N3O13. The lowest BCUT2D eigenvalue weighted by atomic mass is 10.1. The second-order valence-corrected chi connectivity index (χ2v) is 26.8. The van der Waals surface area contributed by atoms with Gasteiger partial charge in [-0.25, -0.2) is 4.79 Å². The predicted octanol–water partition coefficient (Wildman–Crippen LogP) is 19.0. The van der Waals surface area contributed by atoms with E-state index in [4.69, 9.17) is 28.4 Å². The number of hydrogen-bond acceptors (Lipinski definition) is 14. The minimum absolute atomic E-state index is 0.0118. The molecule has 0 bridgehead atoms. The molecule has 92 heavy (non-hydrogen) atoms. The third-order valence-corrected chi connectivity index (χ3v) is 17.4. The molecule has 0 heterocycles. The van der Waals surface area contributed by atoms with E-state index in [0.29, 0.717) is 13.0 Å². The zero-order chi connectivity index (χ0) is 67.4.